The molecular formula is C13H15BrFN. The molecule has 0 heterocycles. The standard InChI is InChI=1S/C13H15BrFN/c14-11-7-10(3-4-12(11)15)16-13-6-8-1-2-9(13)5-8/h3-4,7-9,13,16H,1-2,5-6H2. The number of benzene rings is 1. The van der Waals surface area contributed by atoms with Crippen molar-refractivity contribution in [2.75, 3.05) is 5.32 Å². The molecular weight excluding hydrogens is 269 g/mol. The van der Waals surface area contributed by atoms with E-state index in [0.717, 1.165) is 17.5 Å². The van der Waals surface area contributed by atoms with Gasteiger partial charge < -0.3 is 5.32 Å². The molecule has 3 heteroatoms. The van der Waals surface area contributed by atoms with E-state index in [-0.39, 0.29) is 5.82 Å². The molecule has 3 rings (SSSR count). The number of rotatable bonds is 2. The van der Waals surface area contributed by atoms with Crippen LogP contribution in [0.5, 0.6) is 0 Å². The lowest BCUT2D eigenvalue weighted by atomic mass is 9.95. The van der Waals surface area contributed by atoms with Crippen molar-refractivity contribution >= 4 is 21.6 Å². The molecule has 1 aromatic carbocycles. The molecule has 0 aliphatic heterocycles. The summed E-state index contributed by atoms with van der Waals surface area (Å²) < 4.78 is 13.6. The van der Waals surface area contributed by atoms with Crippen molar-refractivity contribution < 1.29 is 4.39 Å². The second kappa shape index (κ2) is 4.02. The van der Waals surface area contributed by atoms with Gasteiger partial charge in [0.2, 0.25) is 0 Å². The van der Waals surface area contributed by atoms with Gasteiger partial charge in [0.25, 0.3) is 0 Å². The number of nitrogens with one attached hydrogen (secondary N) is 1. The first kappa shape index (κ1) is 10.6. The van der Waals surface area contributed by atoms with Crippen LogP contribution in [0.25, 0.3) is 0 Å². The summed E-state index contributed by atoms with van der Waals surface area (Å²) in [6.07, 6.45) is 5.46. The van der Waals surface area contributed by atoms with Gasteiger partial charge in [0.05, 0.1) is 4.47 Å². The summed E-state index contributed by atoms with van der Waals surface area (Å²) in [6.45, 7) is 0. The lowest BCUT2D eigenvalue weighted by Crippen LogP contribution is -2.25. The third kappa shape index (κ3) is 1.86. The van der Waals surface area contributed by atoms with Crippen molar-refractivity contribution in [3.63, 3.8) is 0 Å². The molecule has 1 N–H and O–H groups in total. The van der Waals surface area contributed by atoms with Crippen LogP contribution in [-0.2, 0) is 0 Å². The Morgan fingerprint density at radius 3 is 2.75 bits per heavy atom. The van der Waals surface area contributed by atoms with Crippen LogP contribution in [0.3, 0.4) is 0 Å². The molecule has 2 aliphatic carbocycles. The first-order valence-corrected chi connectivity index (χ1v) is 6.73. The molecule has 86 valence electrons. The van der Waals surface area contributed by atoms with E-state index in [1.165, 1.54) is 31.7 Å². The van der Waals surface area contributed by atoms with Crippen LogP contribution < -0.4 is 5.32 Å². The van der Waals surface area contributed by atoms with E-state index in [2.05, 4.69) is 21.2 Å². The summed E-state index contributed by atoms with van der Waals surface area (Å²) in [6, 6.07) is 5.78. The minimum absolute atomic E-state index is 0.196. The number of hydrogen-bond donors (Lipinski definition) is 1. The van der Waals surface area contributed by atoms with E-state index in [4.69, 9.17) is 0 Å². The van der Waals surface area contributed by atoms with Gasteiger partial charge in [-0.25, -0.2) is 4.39 Å². The maximum atomic E-state index is 13.1. The third-order valence-corrected chi connectivity index (χ3v) is 4.62. The quantitative estimate of drug-likeness (QED) is 0.858. The summed E-state index contributed by atoms with van der Waals surface area (Å²) in [7, 11) is 0. The number of halogens is 2. The summed E-state index contributed by atoms with van der Waals surface area (Å²) in [5, 5.41) is 3.54. The maximum Gasteiger partial charge on any atom is 0.137 e. The highest BCUT2D eigenvalue weighted by molar-refractivity contribution is 9.10. The van der Waals surface area contributed by atoms with Crippen LogP contribution >= 0.6 is 15.9 Å². The first-order chi connectivity index (χ1) is 7.72. The molecule has 2 fully saturated rings. The van der Waals surface area contributed by atoms with E-state index in [1.54, 1.807) is 0 Å². The summed E-state index contributed by atoms with van der Waals surface area (Å²) in [5.41, 5.74) is 1.03. The molecule has 0 spiro atoms. The second-order valence-corrected chi connectivity index (χ2v) is 5.91. The van der Waals surface area contributed by atoms with Crippen LogP contribution in [-0.4, -0.2) is 6.04 Å². The van der Waals surface area contributed by atoms with Crippen molar-refractivity contribution in [2.45, 2.75) is 31.7 Å². The average molecular weight is 284 g/mol. The number of hydrogen-bond acceptors (Lipinski definition) is 1. The molecule has 0 aromatic heterocycles. The van der Waals surface area contributed by atoms with Crippen LogP contribution in [0.2, 0.25) is 0 Å². The molecule has 3 unspecified atom stereocenters. The highest BCUT2D eigenvalue weighted by atomic mass is 79.9. The van der Waals surface area contributed by atoms with Gasteiger partial charge in [0.15, 0.2) is 0 Å². The van der Waals surface area contributed by atoms with Crippen LogP contribution in [0.15, 0.2) is 22.7 Å². The van der Waals surface area contributed by atoms with Gasteiger partial charge in [0, 0.05) is 11.7 Å². The largest absolute Gasteiger partial charge is 0.382 e. The maximum absolute atomic E-state index is 13.1. The molecule has 16 heavy (non-hydrogen) atoms. The van der Waals surface area contributed by atoms with Gasteiger partial charge in [-0.2, -0.15) is 0 Å². The Morgan fingerprint density at radius 2 is 2.12 bits per heavy atom. The zero-order valence-corrected chi connectivity index (χ0v) is 10.6. The predicted molar refractivity (Wildman–Crippen MR) is 67.0 cm³/mol. The van der Waals surface area contributed by atoms with E-state index >= 15 is 0 Å². The Labute approximate surface area is 104 Å². The molecule has 1 aromatic rings. The Morgan fingerprint density at radius 1 is 1.25 bits per heavy atom. The fourth-order valence-electron chi connectivity index (χ4n) is 3.22. The Balaban J connectivity index is 1.72. The molecule has 2 saturated carbocycles. The Kier molecular flexibility index (Phi) is 2.66. The van der Waals surface area contributed by atoms with Gasteiger partial charge >= 0.3 is 0 Å². The lowest BCUT2D eigenvalue weighted by molar-refractivity contribution is 0.439. The van der Waals surface area contributed by atoms with Gasteiger partial charge in [-0.05, 0) is 65.2 Å². The minimum Gasteiger partial charge on any atom is -0.382 e. The number of anilines is 1. The van der Waals surface area contributed by atoms with E-state index in [0.29, 0.717) is 10.5 Å². The molecule has 1 nitrogen and oxygen atoms in total. The van der Waals surface area contributed by atoms with E-state index in [1.807, 2.05) is 12.1 Å². The molecule has 2 aliphatic rings. The number of fused-ring (bicyclic) bond motifs is 2. The molecule has 0 saturated heterocycles. The van der Waals surface area contributed by atoms with Gasteiger partial charge in [0.1, 0.15) is 5.82 Å². The van der Waals surface area contributed by atoms with Crippen molar-refractivity contribution in [3.05, 3.63) is 28.5 Å². The van der Waals surface area contributed by atoms with Gasteiger partial charge in [-0.1, -0.05) is 6.42 Å². The third-order valence-electron chi connectivity index (χ3n) is 4.01. The highest BCUT2D eigenvalue weighted by Crippen LogP contribution is 2.45. The van der Waals surface area contributed by atoms with E-state index in [9.17, 15) is 4.39 Å². The predicted octanol–water partition coefficient (Wildman–Crippen LogP) is 4.19. The summed E-state index contributed by atoms with van der Waals surface area (Å²) in [5.74, 6) is 1.58. The Hall–Kier alpha value is -0.570. The molecule has 0 radical (unpaired) electrons. The zero-order chi connectivity index (χ0) is 11.1. The van der Waals surface area contributed by atoms with Gasteiger partial charge in [-0.15, -0.1) is 0 Å². The minimum atomic E-state index is -0.196. The van der Waals surface area contributed by atoms with Crippen LogP contribution in [0.1, 0.15) is 25.7 Å². The van der Waals surface area contributed by atoms with E-state index < -0.39 is 0 Å². The van der Waals surface area contributed by atoms with Crippen LogP contribution in [0.4, 0.5) is 10.1 Å². The van der Waals surface area contributed by atoms with Crippen LogP contribution in [0, 0.1) is 17.7 Å². The highest BCUT2D eigenvalue weighted by Gasteiger charge is 2.39. The monoisotopic (exact) mass is 283 g/mol. The summed E-state index contributed by atoms with van der Waals surface area (Å²) >= 11 is 3.22. The Bertz CT molecular complexity index is 407. The summed E-state index contributed by atoms with van der Waals surface area (Å²) in [4.78, 5) is 0. The zero-order valence-electron chi connectivity index (χ0n) is 9.05. The lowest BCUT2D eigenvalue weighted by Gasteiger charge is -2.24. The SMILES string of the molecule is Fc1ccc(NC2CC3CCC2C3)cc1Br. The molecule has 0 amide bonds. The smallest absolute Gasteiger partial charge is 0.137 e. The fourth-order valence-corrected chi connectivity index (χ4v) is 3.60. The van der Waals surface area contributed by atoms with Crippen molar-refractivity contribution in [3.8, 4) is 0 Å². The topological polar surface area (TPSA) is 12.0 Å². The first-order valence-electron chi connectivity index (χ1n) is 5.94. The van der Waals surface area contributed by atoms with Gasteiger partial charge in [-0.3, -0.25) is 0 Å². The molecule has 2 bridgehead atoms. The molecule has 3 atom stereocenters. The average Bonchev–Trinajstić information content (AvgIpc) is 2.85. The normalized spacial score (nSPS) is 32.0. The second-order valence-electron chi connectivity index (χ2n) is 5.05. The van der Waals surface area contributed by atoms with Crippen molar-refractivity contribution in [1.29, 1.82) is 0 Å². The van der Waals surface area contributed by atoms with Crippen molar-refractivity contribution in [2.24, 2.45) is 11.8 Å². The van der Waals surface area contributed by atoms with Crippen molar-refractivity contribution in [1.82, 2.24) is 0 Å². The fraction of sp³-hybridized carbons (Fsp3) is 0.538.